The van der Waals surface area contributed by atoms with Crippen LogP contribution in [0.3, 0.4) is 0 Å². The van der Waals surface area contributed by atoms with Crippen molar-refractivity contribution in [3.63, 3.8) is 0 Å². The molecule has 0 unspecified atom stereocenters. The molecule has 0 spiro atoms. The van der Waals surface area contributed by atoms with E-state index in [-0.39, 0.29) is 6.71 Å². The number of para-hydroxylation sites is 4. The van der Waals surface area contributed by atoms with E-state index >= 15 is 0 Å². The first-order valence-corrected chi connectivity index (χ1v) is 30.4. The zero-order chi connectivity index (χ0) is 55.0. The molecule has 13 aromatic carbocycles. The first-order valence-electron chi connectivity index (χ1n) is 28.7. The van der Waals surface area contributed by atoms with E-state index in [0.717, 1.165) is 78.1 Å². The normalized spacial score (nSPS) is 12.7. The summed E-state index contributed by atoms with van der Waals surface area (Å²) < 4.78 is 12.1. The van der Waals surface area contributed by atoms with Crippen LogP contribution in [0.4, 0.5) is 34.1 Å². The van der Waals surface area contributed by atoms with Crippen LogP contribution in [0.15, 0.2) is 290 Å². The van der Waals surface area contributed by atoms with Gasteiger partial charge in [-0.15, -0.1) is 22.7 Å². The number of thiophene rings is 2. The molecule has 0 fully saturated rings. The fourth-order valence-electron chi connectivity index (χ4n) is 13.8. The number of anilines is 6. The molecule has 84 heavy (non-hydrogen) atoms. The molecule has 0 N–H and O–H groups in total. The molecule has 2 aliphatic rings. The average molecular weight is 1100 g/mol. The second kappa shape index (κ2) is 18.6. The van der Waals surface area contributed by atoms with Crippen molar-refractivity contribution in [2.45, 2.75) is 0 Å². The summed E-state index contributed by atoms with van der Waals surface area (Å²) in [7, 11) is 0. The Bertz CT molecular complexity index is 5060. The van der Waals surface area contributed by atoms with Crippen LogP contribution in [-0.2, 0) is 0 Å². The van der Waals surface area contributed by atoms with Gasteiger partial charge < -0.3 is 14.2 Å². The lowest BCUT2D eigenvalue weighted by Crippen LogP contribution is -2.61. The zero-order valence-electron chi connectivity index (χ0n) is 45.3. The Morgan fingerprint density at radius 1 is 0.262 bits per heavy atom. The molecule has 3 aromatic heterocycles. The van der Waals surface area contributed by atoms with E-state index < -0.39 is 0 Å². The molecule has 390 valence electrons. The summed E-state index contributed by atoms with van der Waals surface area (Å²) in [4.78, 5) is 5.24. The summed E-state index contributed by atoms with van der Waals surface area (Å²) in [6, 6.07) is 106. The van der Waals surface area contributed by atoms with Gasteiger partial charge in [0.2, 0.25) is 0 Å². The Morgan fingerprint density at radius 2 is 0.679 bits per heavy atom. The third-order valence-corrected chi connectivity index (χ3v) is 19.9. The van der Waals surface area contributed by atoms with Crippen molar-refractivity contribution in [3.8, 4) is 55.6 Å². The fraction of sp³-hybridized carbons (Fsp3) is 0. The van der Waals surface area contributed by atoms with Crippen molar-refractivity contribution in [1.82, 2.24) is 0 Å². The summed E-state index contributed by atoms with van der Waals surface area (Å²) in [5.41, 5.74) is 24.0. The second-order valence-electron chi connectivity index (χ2n) is 22.2. The van der Waals surface area contributed by atoms with Gasteiger partial charge in [-0.2, -0.15) is 0 Å². The third-order valence-electron chi connectivity index (χ3n) is 17.7. The van der Waals surface area contributed by atoms with Gasteiger partial charge in [0.25, 0.3) is 6.71 Å². The monoisotopic (exact) mass is 1100 g/mol. The van der Waals surface area contributed by atoms with Crippen LogP contribution in [-0.4, -0.2) is 6.71 Å². The van der Waals surface area contributed by atoms with Gasteiger partial charge in [0.05, 0.1) is 11.4 Å². The van der Waals surface area contributed by atoms with E-state index in [9.17, 15) is 0 Å². The highest BCUT2D eigenvalue weighted by atomic mass is 32.1. The molecule has 3 nitrogen and oxygen atoms in total. The predicted molar refractivity (Wildman–Crippen MR) is 361 cm³/mol. The maximum absolute atomic E-state index is 7.00. The van der Waals surface area contributed by atoms with E-state index in [1.54, 1.807) is 0 Å². The van der Waals surface area contributed by atoms with Crippen LogP contribution in [0.5, 0.6) is 0 Å². The summed E-state index contributed by atoms with van der Waals surface area (Å²) in [5.74, 6) is 0. The van der Waals surface area contributed by atoms with E-state index in [1.807, 2.05) is 22.7 Å². The molecule has 0 radical (unpaired) electrons. The Balaban J connectivity index is 0.968. The first kappa shape index (κ1) is 47.4. The van der Waals surface area contributed by atoms with E-state index in [4.69, 9.17) is 4.42 Å². The predicted octanol–water partition coefficient (Wildman–Crippen LogP) is 20.7. The third kappa shape index (κ3) is 7.24. The molecule has 18 rings (SSSR count). The van der Waals surface area contributed by atoms with Crippen LogP contribution in [0.1, 0.15) is 0 Å². The minimum Gasteiger partial charge on any atom is -0.455 e. The van der Waals surface area contributed by atoms with Crippen LogP contribution in [0.25, 0.3) is 118 Å². The number of hydrogen-bond acceptors (Lipinski definition) is 5. The van der Waals surface area contributed by atoms with Crippen molar-refractivity contribution < 1.29 is 4.42 Å². The van der Waals surface area contributed by atoms with Crippen LogP contribution in [0, 0.1) is 0 Å². The topological polar surface area (TPSA) is 19.6 Å². The fourth-order valence-corrected chi connectivity index (χ4v) is 16.1. The van der Waals surface area contributed by atoms with Gasteiger partial charge in [-0.1, -0.05) is 218 Å². The molecular weight excluding hydrogens is 1060 g/mol. The highest BCUT2D eigenvalue weighted by Gasteiger charge is 2.45. The average Bonchev–Trinajstić information content (AvgIpc) is 3.52. The van der Waals surface area contributed by atoms with Crippen molar-refractivity contribution in [3.05, 3.63) is 285 Å². The molecule has 0 saturated carbocycles. The van der Waals surface area contributed by atoms with Crippen LogP contribution >= 0.6 is 22.7 Å². The maximum atomic E-state index is 7.00. The van der Waals surface area contributed by atoms with Gasteiger partial charge in [0.1, 0.15) is 11.2 Å². The first-order chi connectivity index (χ1) is 41.6. The standard InChI is InChI=1S/C78H47BN2OS2/c1-3-18-48(19-4-1)50-34-38-52(39-35-50)55-22-7-12-29-66(55)80-68-44-62-59-25-10-15-32-73(59)83-75(62)46-64(68)79-65-47-76-63(60-26-11-16-33-74(60)84-76)45-69(65)81(67-30-13-8-23-56(67)53-40-36-51(37-41-53)49-20-5-2-6-21-49)71-43-54(42-70(80)77(71)79)57-27-17-28-61-58-24-9-14-31-72(58)82-78(57)61/h1-47H. The van der Waals surface area contributed by atoms with Crippen LogP contribution in [0.2, 0.25) is 0 Å². The van der Waals surface area contributed by atoms with Gasteiger partial charge in [-0.05, 0) is 122 Å². The molecular formula is C78H47BN2OS2. The Labute approximate surface area is 493 Å². The van der Waals surface area contributed by atoms with Gasteiger partial charge in [-0.3, -0.25) is 0 Å². The SMILES string of the molecule is c1ccc(-c2ccc(-c3ccccc3N3c4cc5c(cc4B4c6cc7sc8ccccc8c7cc6N(c6ccccc6-c6ccc(-c7ccccc7)cc6)c6cc(-c7cccc8c7oc7ccccc78)cc3c64)sc3ccccc35)cc2)cc1. The summed E-state index contributed by atoms with van der Waals surface area (Å²) in [6.07, 6.45) is 0. The lowest BCUT2D eigenvalue weighted by atomic mass is 9.33. The van der Waals surface area contributed by atoms with Crippen molar-refractivity contribution in [2.24, 2.45) is 0 Å². The zero-order valence-corrected chi connectivity index (χ0v) is 47.0. The van der Waals surface area contributed by atoms with Gasteiger partial charge in [0.15, 0.2) is 0 Å². The molecule has 16 aromatic rings. The number of hydrogen-bond donors (Lipinski definition) is 0. The van der Waals surface area contributed by atoms with E-state index in [0.29, 0.717) is 0 Å². The van der Waals surface area contributed by atoms with Gasteiger partial charge in [-0.25, -0.2) is 0 Å². The smallest absolute Gasteiger partial charge is 0.252 e. The van der Waals surface area contributed by atoms with E-state index in [1.165, 1.54) is 90.4 Å². The maximum Gasteiger partial charge on any atom is 0.252 e. The highest BCUT2D eigenvalue weighted by molar-refractivity contribution is 7.26. The van der Waals surface area contributed by atoms with Crippen LogP contribution < -0.4 is 26.2 Å². The minimum absolute atomic E-state index is 0.137. The largest absolute Gasteiger partial charge is 0.455 e. The number of nitrogens with zero attached hydrogens (tertiary/aromatic N) is 2. The molecule has 0 aliphatic carbocycles. The number of rotatable bonds is 7. The molecule has 5 heterocycles. The van der Waals surface area contributed by atoms with Crippen molar-refractivity contribution in [2.75, 3.05) is 9.80 Å². The summed E-state index contributed by atoms with van der Waals surface area (Å²) in [6.45, 7) is -0.137. The Hall–Kier alpha value is -10.2. The Kier molecular flexibility index (Phi) is 10.5. The molecule has 0 bridgehead atoms. The summed E-state index contributed by atoms with van der Waals surface area (Å²) in [5, 5.41) is 7.29. The number of benzene rings is 13. The van der Waals surface area contributed by atoms with Crippen molar-refractivity contribution in [1.29, 1.82) is 0 Å². The Morgan fingerprint density at radius 3 is 1.21 bits per heavy atom. The molecule has 0 atom stereocenters. The van der Waals surface area contributed by atoms with Gasteiger partial charge >= 0.3 is 0 Å². The van der Waals surface area contributed by atoms with Gasteiger partial charge in [0, 0.05) is 90.6 Å². The lowest BCUT2D eigenvalue weighted by molar-refractivity contribution is 0.670. The van der Waals surface area contributed by atoms with Crippen molar-refractivity contribution >= 4 is 142 Å². The quantitative estimate of drug-likeness (QED) is 0.148. The number of furan rings is 1. The van der Waals surface area contributed by atoms with E-state index in [2.05, 4.69) is 295 Å². The lowest BCUT2D eigenvalue weighted by Gasteiger charge is -2.45. The minimum atomic E-state index is -0.137. The molecule has 0 amide bonds. The second-order valence-corrected chi connectivity index (χ2v) is 24.4. The summed E-state index contributed by atoms with van der Waals surface area (Å²) >= 11 is 3.79. The molecule has 2 aliphatic heterocycles. The number of fused-ring (bicyclic) bond motifs is 13. The molecule has 0 saturated heterocycles. The molecule has 6 heteroatoms. The highest BCUT2D eigenvalue weighted by Crippen LogP contribution is 2.53.